The molecule has 0 saturated carbocycles. The summed E-state index contributed by atoms with van der Waals surface area (Å²) in [4.78, 5) is 8.52. The second kappa shape index (κ2) is 6.53. The number of aromatic nitrogens is 2. The number of hydrogen-bond acceptors (Lipinski definition) is 5. The van der Waals surface area contributed by atoms with Gasteiger partial charge in [-0.1, -0.05) is 19.1 Å². The summed E-state index contributed by atoms with van der Waals surface area (Å²) in [6.45, 7) is 4.83. The van der Waals surface area contributed by atoms with Gasteiger partial charge in [-0.2, -0.15) is 10.2 Å². The van der Waals surface area contributed by atoms with Crippen LogP contribution in [0, 0.1) is 18.3 Å². The summed E-state index contributed by atoms with van der Waals surface area (Å²) in [5, 5.41) is 15.5. The van der Waals surface area contributed by atoms with Gasteiger partial charge in [-0.05, 0) is 31.0 Å². The first kappa shape index (κ1) is 13.8. The van der Waals surface area contributed by atoms with E-state index < -0.39 is 0 Å². The second-order valence-electron chi connectivity index (χ2n) is 4.43. The third kappa shape index (κ3) is 3.23. The predicted octanol–water partition coefficient (Wildman–Crippen LogP) is 3.22. The first-order chi connectivity index (χ1) is 9.74. The van der Waals surface area contributed by atoms with E-state index in [1.165, 1.54) is 0 Å². The van der Waals surface area contributed by atoms with E-state index in [4.69, 9.17) is 0 Å². The van der Waals surface area contributed by atoms with Crippen LogP contribution in [-0.4, -0.2) is 16.5 Å². The van der Waals surface area contributed by atoms with Crippen molar-refractivity contribution in [1.82, 2.24) is 9.97 Å². The maximum absolute atomic E-state index is 9.21. The Kier molecular flexibility index (Phi) is 4.51. The highest BCUT2D eigenvalue weighted by molar-refractivity contribution is 5.66. The van der Waals surface area contributed by atoms with Crippen LogP contribution >= 0.6 is 0 Å². The fourth-order valence-electron chi connectivity index (χ4n) is 1.81. The molecule has 1 heterocycles. The van der Waals surface area contributed by atoms with Crippen molar-refractivity contribution in [2.45, 2.75) is 20.3 Å². The fourth-order valence-corrected chi connectivity index (χ4v) is 1.81. The van der Waals surface area contributed by atoms with Crippen molar-refractivity contribution in [3.8, 4) is 6.07 Å². The minimum atomic E-state index is 0.586. The van der Waals surface area contributed by atoms with Crippen molar-refractivity contribution in [2.24, 2.45) is 0 Å². The standard InChI is InChI=1S/C15H17N5/c1-3-8-17-15-18-9-7-14(20-15)19-13-6-4-5-11(2)12(13)10-16/h4-7,9H,3,8H2,1-2H3,(H2,17,18,19,20). The van der Waals surface area contributed by atoms with E-state index in [0.29, 0.717) is 17.3 Å². The molecule has 5 heteroatoms. The largest absolute Gasteiger partial charge is 0.354 e. The molecule has 0 aliphatic heterocycles. The van der Waals surface area contributed by atoms with E-state index in [-0.39, 0.29) is 0 Å². The molecule has 0 radical (unpaired) electrons. The van der Waals surface area contributed by atoms with Crippen molar-refractivity contribution in [3.05, 3.63) is 41.6 Å². The maximum Gasteiger partial charge on any atom is 0.224 e. The summed E-state index contributed by atoms with van der Waals surface area (Å²) in [7, 11) is 0. The SMILES string of the molecule is CCCNc1nccc(Nc2cccc(C)c2C#N)n1. The van der Waals surface area contributed by atoms with Gasteiger partial charge in [0, 0.05) is 12.7 Å². The molecule has 0 aliphatic rings. The van der Waals surface area contributed by atoms with Crippen LogP contribution in [0.25, 0.3) is 0 Å². The summed E-state index contributed by atoms with van der Waals surface area (Å²) in [5.74, 6) is 1.25. The van der Waals surface area contributed by atoms with Crippen LogP contribution in [0.15, 0.2) is 30.5 Å². The zero-order valence-corrected chi connectivity index (χ0v) is 11.6. The molecular weight excluding hydrogens is 250 g/mol. The van der Waals surface area contributed by atoms with Gasteiger partial charge in [0.2, 0.25) is 5.95 Å². The number of rotatable bonds is 5. The molecule has 1 aromatic carbocycles. The Labute approximate surface area is 118 Å². The average molecular weight is 267 g/mol. The van der Waals surface area contributed by atoms with Crippen molar-refractivity contribution in [2.75, 3.05) is 17.2 Å². The van der Waals surface area contributed by atoms with Crippen LogP contribution in [0.5, 0.6) is 0 Å². The van der Waals surface area contributed by atoms with Crippen LogP contribution in [0.2, 0.25) is 0 Å². The van der Waals surface area contributed by atoms with E-state index in [0.717, 1.165) is 24.2 Å². The molecule has 2 aromatic rings. The van der Waals surface area contributed by atoms with E-state index >= 15 is 0 Å². The van der Waals surface area contributed by atoms with Crippen LogP contribution < -0.4 is 10.6 Å². The van der Waals surface area contributed by atoms with Gasteiger partial charge < -0.3 is 10.6 Å². The third-order valence-electron chi connectivity index (χ3n) is 2.84. The Balaban J connectivity index is 2.22. The molecule has 0 aliphatic carbocycles. The molecule has 2 rings (SSSR count). The van der Waals surface area contributed by atoms with Crippen molar-refractivity contribution < 1.29 is 0 Å². The van der Waals surface area contributed by atoms with Crippen LogP contribution in [0.4, 0.5) is 17.5 Å². The molecular formula is C15H17N5. The third-order valence-corrected chi connectivity index (χ3v) is 2.84. The molecule has 0 atom stereocenters. The van der Waals surface area contributed by atoms with Gasteiger partial charge in [-0.3, -0.25) is 0 Å². The number of hydrogen-bond donors (Lipinski definition) is 2. The van der Waals surface area contributed by atoms with Crippen molar-refractivity contribution >= 4 is 17.5 Å². The lowest BCUT2D eigenvalue weighted by Gasteiger charge is -2.10. The van der Waals surface area contributed by atoms with E-state index in [1.54, 1.807) is 12.3 Å². The number of anilines is 3. The normalized spacial score (nSPS) is 9.85. The van der Waals surface area contributed by atoms with Crippen molar-refractivity contribution in [3.63, 3.8) is 0 Å². The topological polar surface area (TPSA) is 73.6 Å². The zero-order valence-electron chi connectivity index (χ0n) is 11.6. The number of benzene rings is 1. The maximum atomic E-state index is 9.21. The molecule has 1 aromatic heterocycles. The lowest BCUT2D eigenvalue weighted by Crippen LogP contribution is -2.05. The van der Waals surface area contributed by atoms with E-state index in [9.17, 15) is 5.26 Å². The Morgan fingerprint density at radius 2 is 2.15 bits per heavy atom. The molecule has 5 nitrogen and oxygen atoms in total. The van der Waals surface area contributed by atoms with Crippen LogP contribution in [0.3, 0.4) is 0 Å². The van der Waals surface area contributed by atoms with Gasteiger partial charge in [-0.25, -0.2) is 4.98 Å². The predicted molar refractivity (Wildman–Crippen MR) is 80.0 cm³/mol. The Morgan fingerprint density at radius 1 is 1.30 bits per heavy atom. The molecule has 0 amide bonds. The molecule has 0 fully saturated rings. The quantitative estimate of drug-likeness (QED) is 0.870. The van der Waals surface area contributed by atoms with Gasteiger partial charge in [-0.15, -0.1) is 0 Å². The molecule has 102 valence electrons. The summed E-state index contributed by atoms with van der Waals surface area (Å²) >= 11 is 0. The molecule has 0 bridgehead atoms. The minimum Gasteiger partial charge on any atom is -0.354 e. The van der Waals surface area contributed by atoms with Gasteiger partial charge >= 0.3 is 0 Å². The average Bonchev–Trinajstić information content (AvgIpc) is 2.46. The highest BCUT2D eigenvalue weighted by Crippen LogP contribution is 2.22. The minimum absolute atomic E-state index is 0.586. The van der Waals surface area contributed by atoms with Crippen molar-refractivity contribution in [1.29, 1.82) is 5.26 Å². The summed E-state index contributed by atoms with van der Waals surface area (Å²) in [5.41, 5.74) is 2.33. The lowest BCUT2D eigenvalue weighted by atomic mass is 10.1. The highest BCUT2D eigenvalue weighted by atomic mass is 15.1. The number of nitriles is 1. The van der Waals surface area contributed by atoms with Gasteiger partial charge in [0.25, 0.3) is 0 Å². The monoisotopic (exact) mass is 267 g/mol. The Morgan fingerprint density at radius 3 is 2.90 bits per heavy atom. The van der Waals surface area contributed by atoms with E-state index in [2.05, 4.69) is 33.6 Å². The summed E-state index contributed by atoms with van der Waals surface area (Å²) < 4.78 is 0. The summed E-state index contributed by atoms with van der Waals surface area (Å²) in [6, 6.07) is 9.68. The zero-order chi connectivity index (χ0) is 14.4. The first-order valence-corrected chi connectivity index (χ1v) is 6.58. The second-order valence-corrected chi connectivity index (χ2v) is 4.43. The highest BCUT2D eigenvalue weighted by Gasteiger charge is 2.06. The molecule has 0 unspecified atom stereocenters. The molecule has 20 heavy (non-hydrogen) atoms. The molecule has 0 saturated heterocycles. The Hall–Kier alpha value is -2.61. The van der Waals surface area contributed by atoms with Crippen LogP contribution in [-0.2, 0) is 0 Å². The molecule has 0 spiro atoms. The Bertz CT molecular complexity index is 630. The van der Waals surface area contributed by atoms with Gasteiger partial charge in [0.15, 0.2) is 0 Å². The van der Waals surface area contributed by atoms with Gasteiger partial charge in [0.1, 0.15) is 11.9 Å². The smallest absolute Gasteiger partial charge is 0.224 e. The first-order valence-electron chi connectivity index (χ1n) is 6.58. The van der Waals surface area contributed by atoms with Gasteiger partial charge in [0.05, 0.1) is 11.3 Å². The van der Waals surface area contributed by atoms with Crippen LogP contribution in [0.1, 0.15) is 24.5 Å². The van der Waals surface area contributed by atoms with E-state index in [1.807, 2.05) is 25.1 Å². The molecule has 2 N–H and O–H groups in total. The number of nitrogens with zero attached hydrogens (tertiary/aromatic N) is 3. The lowest BCUT2D eigenvalue weighted by molar-refractivity contribution is 0.953. The summed E-state index contributed by atoms with van der Waals surface area (Å²) in [6.07, 6.45) is 2.70. The number of aryl methyl sites for hydroxylation is 1. The fraction of sp³-hybridized carbons (Fsp3) is 0.267. The number of nitrogens with one attached hydrogen (secondary N) is 2.